The molecule has 1 aromatic heterocycles. The quantitative estimate of drug-likeness (QED) is 0.733. The number of alkyl halides is 2. The second-order valence-corrected chi connectivity index (χ2v) is 4.00. The number of hydrogen-bond donors (Lipinski definition) is 0. The topological polar surface area (TPSA) is 17.8 Å². The van der Waals surface area contributed by atoms with Gasteiger partial charge in [-0.2, -0.15) is 5.10 Å². The smallest absolute Gasteiger partial charge is 0.269 e. The standard InChI is InChI=1S/C10H16F2N2/c1-6(2)8-5-14(7(3)4)13-9(8)10(11)12/h5-7,10H,1-4H3. The highest BCUT2D eigenvalue weighted by Gasteiger charge is 2.20. The molecule has 0 radical (unpaired) electrons. The van der Waals surface area contributed by atoms with Crippen LogP contribution < -0.4 is 0 Å². The van der Waals surface area contributed by atoms with Crippen molar-refractivity contribution < 1.29 is 8.78 Å². The van der Waals surface area contributed by atoms with Gasteiger partial charge in [-0.05, 0) is 19.8 Å². The first-order valence-corrected chi connectivity index (χ1v) is 4.80. The molecular formula is C10H16F2N2. The molecule has 0 unspecified atom stereocenters. The maximum absolute atomic E-state index is 12.6. The Labute approximate surface area is 82.9 Å². The van der Waals surface area contributed by atoms with Crippen LogP contribution in [0.3, 0.4) is 0 Å². The van der Waals surface area contributed by atoms with Crippen molar-refractivity contribution in [2.75, 3.05) is 0 Å². The Hall–Kier alpha value is -0.930. The Kier molecular flexibility index (Phi) is 3.24. The van der Waals surface area contributed by atoms with Crippen LogP contribution in [0.15, 0.2) is 6.20 Å². The highest BCUT2D eigenvalue weighted by molar-refractivity contribution is 5.22. The lowest BCUT2D eigenvalue weighted by atomic mass is 10.0. The van der Waals surface area contributed by atoms with Gasteiger partial charge in [-0.3, -0.25) is 4.68 Å². The van der Waals surface area contributed by atoms with Gasteiger partial charge in [-0.1, -0.05) is 13.8 Å². The van der Waals surface area contributed by atoms with Crippen molar-refractivity contribution in [2.24, 2.45) is 0 Å². The monoisotopic (exact) mass is 202 g/mol. The Balaban J connectivity index is 3.12. The molecule has 0 aromatic carbocycles. The van der Waals surface area contributed by atoms with Crippen LogP contribution in [-0.2, 0) is 0 Å². The van der Waals surface area contributed by atoms with E-state index in [1.807, 2.05) is 27.7 Å². The van der Waals surface area contributed by atoms with Crippen LogP contribution in [0, 0.1) is 0 Å². The average molecular weight is 202 g/mol. The molecular weight excluding hydrogens is 186 g/mol. The van der Waals surface area contributed by atoms with E-state index in [9.17, 15) is 8.78 Å². The summed E-state index contributed by atoms with van der Waals surface area (Å²) in [6.45, 7) is 7.64. The number of halogens is 2. The third kappa shape index (κ3) is 2.11. The fraction of sp³-hybridized carbons (Fsp3) is 0.700. The third-order valence-corrected chi connectivity index (χ3v) is 2.15. The molecule has 0 bridgehead atoms. The van der Waals surface area contributed by atoms with E-state index >= 15 is 0 Å². The van der Waals surface area contributed by atoms with Crippen molar-refractivity contribution in [1.29, 1.82) is 0 Å². The van der Waals surface area contributed by atoms with Gasteiger partial charge in [0.05, 0.1) is 0 Å². The summed E-state index contributed by atoms with van der Waals surface area (Å²) in [5.41, 5.74) is 0.572. The van der Waals surface area contributed by atoms with Gasteiger partial charge in [-0.25, -0.2) is 8.78 Å². The molecule has 0 spiro atoms. The summed E-state index contributed by atoms with van der Waals surface area (Å²) in [4.78, 5) is 0. The fourth-order valence-electron chi connectivity index (χ4n) is 1.30. The highest BCUT2D eigenvalue weighted by Crippen LogP contribution is 2.27. The first kappa shape index (κ1) is 11.1. The van der Waals surface area contributed by atoms with E-state index in [-0.39, 0.29) is 17.7 Å². The van der Waals surface area contributed by atoms with Crippen LogP contribution >= 0.6 is 0 Å². The summed E-state index contributed by atoms with van der Waals surface area (Å²) in [6.07, 6.45) is -0.760. The molecule has 1 aromatic rings. The summed E-state index contributed by atoms with van der Waals surface area (Å²) in [6, 6.07) is 0.125. The second-order valence-electron chi connectivity index (χ2n) is 4.00. The molecule has 0 aliphatic heterocycles. The zero-order valence-electron chi connectivity index (χ0n) is 8.96. The Morgan fingerprint density at radius 2 is 1.79 bits per heavy atom. The molecule has 1 rings (SSSR count). The first-order valence-electron chi connectivity index (χ1n) is 4.80. The van der Waals surface area contributed by atoms with Gasteiger partial charge < -0.3 is 0 Å². The van der Waals surface area contributed by atoms with Crippen molar-refractivity contribution in [3.63, 3.8) is 0 Å². The lowest BCUT2D eigenvalue weighted by Gasteiger charge is -2.03. The van der Waals surface area contributed by atoms with E-state index in [0.29, 0.717) is 5.56 Å². The highest BCUT2D eigenvalue weighted by atomic mass is 19.3. The second kappa shape index (κ2) is 4.07. The van der Waals surface area contributed by atoms with Crippen molar-refractivity contribution in [2.45, 2.75) is 46.1 Å². The number of aromatic nitrogens is 2. The molecule has 1 heterocycles. The summed E-state index contributed by atoms with van der Waals surface area (Å²) < 4.78 is 26.8. The summed E-state index contributed by atoms with van der Waals surface area (Å²) in [5.74, 6) is 0.0894. The predicted octanol–water partition coefficient (Wildman–Crippen LogP) is 3.53. The van der Waals surface area contributed by atoms with Gasteiger partial charge in [0.1, 0.15) is 5.69 Å². The van der Waals surface area contributed by atoms with E-state index in [0.717, 1.165) is 0 Å². The van der Waals surface area contributed by atoms with Crippen molar-refractivity contribution >= 4 is 0 Å². The SMILES string of the molecule is CC(C)c1cn(C(C)C)nc1C(F)F. The number of rotatable bonds is 3. The summed E-state index contributed by atoms with van der Waals surface area (Å²) in [7, 11) is 0. The van der Waals surface area contributed by atoms with Gasteiger partial charge in [-0.15, -0.1) is 0 Å². The van der Waals surface area contributed by atoms with Crippen molar-refractivity contribution in [1.82, 2.24) is 9.78 Å². The van der Waals surface area contributed by atoms with Gasteiger partial charge >= 0.3 is 0 Å². The summed E-state index contributed by atoms with van der Waals surface area (Å²) in [5, 5.41) is 3.90. The average Bonchev–Trinajstić information content (AvgIpc) is 2.47. The molecule has 14 heavy (non-hydrogen) atoms. The first-order chi connectivity index (χ1) is 6.43. The lowest BCUT2D eigenvalue weighted by molar-refractivity contribution is 0.143. The van der Waals surface area contributed by atoms with E-state index in [2.05, 4.69) is 5.10 Å². The zero-order chi connectivity index (χ0) is 10.9. The minimum Gasteiger partial charge on any atom is -0.269 e. The molecule has 0 amide bonds. The van der Waals surface area contributed by atoms with Crippen LogP contribution in [0.25, 0.3) is 0 Å². The van der Waals surface area contributed by atoms with E-state index in [4.69, 9.17) is 0 Å². The van der Waals surface area contributed by atoms with Gasteiger partial charge in [0, 0.05) is 17.8 Å². The third-order valence-electron chi connectivity index (χ3n) is 2.15. The Morgan fingerprint density at radius 1 is 1.21 bits per heavy atom. The van der Waals surface area contributed by atoms with Crippen LogP contribution in [0.4, 0.5) is 8.78 Å². The Morgan fingerprint density at radius 3 is 2.07 bits per heavy atom. The molecule has 0 aliphatic carbocycles. The molecule has 2 nitrogen and oxygen atoms in total. The molecule has 0 aliphatic rings. The maximum atomic E-state index is 12.6. The fourth-order valence-corrected chi connectivity index (χ4v) is 1.30. The molecule has 4 heteroatoms. The Bertz CT molecular complexity index is 278. The molecule has 0 fully saturated rings. The largest absolute Gasteiger partial charge is 0.282 e. The van der Waals surface area contributed by atoms with Gasteiger partial charge in [0.25, 0.3) is 6.43 Å². The van der Waals surface area contributed by atoms with E-state index in [1.54, 1.807) is 10.9 Å². The van der Waals surface area contributed by atoms with Gasteiger partial charge in [0.2, 0.25) is 0 Å². The summed E-state index contributed by atoms with van der Waals surface area (Å²) >= 11 is 0. The van der Waals surface area contributed by atoms with Crippen LogP contribution in [0.1, 0.15) is 57.3 Å². The zero-order valence-corrected chi connectivity index (χ0v) is 8.96. The van der Waals surface area contributed by atoms with Gasteiger partial charge in [0.15, 0.2) is 0 Å². The van der Waals surface area contributed by atoms with Crippen LogP contribution in [-0.4, -0.2) is 9.78 Å². The minimum atomic E-state index is -2.48. The van der Waals surface area contributed by atoms with Crippen LogP contribution in [0.2, 0.25) is 0 Å². The lowest BCUT2D eigenvalue weighted by Crippen LogP contribution is -2.01. The molecule has 0 atom stereocenters. The number of hydrogen-bond acceptors (Lipinski definition) is 1. The van der Waals surface area contributed by atoms with Crippen molar-refractivity contribution in [3.05, 3.63) is 17.5 Å². The normalized spacial score (nSPS) is 12.1. The maximum Gasteiger partial charge on any atom is 0.282 e. The predicted molar refractivity (Wildman–Crippen MR) is 51.7 cm³/mol. The minimum absolute atomic E-state index is 0.0753. The molecule has 0 N–H and O–H groups in total. The molecule has 80 valence electrons. The molecule has 0 saturated carbocycles. The van der Waals surface area contributed by atoms with Crippen LogP contribution in [0.5, 0.6) is 0 Å². The number of nitrogens with zero attached hydrogens (tertiary/aromatic N) is 2. The van der Waals surface area contributed by atoms with E-state index < -0.39 is 6.43 Å². The van der Waals surface area contributed by atoms with E-state index in [1.165, 1.54) is 0 Å². The van der Waals surface area contributed by atoms with Crippen molar-refractivity contribution in [3.8, 4) is 0 Å². The molecule has 0 saturated heterocycles.